The minimum absolute atomic E-state index is 0.0101. The lowest BCUT2D eigenvalue weighted by molar-refractivity contribution is -0.136. The predicted molar refractivity (Wildman–Crippen MR) is 112 cm³/mol. The van der Waals surface area contributed by atoms with Crippen LogP contribution in [0.3, 0.4) is 0 Å². The van der Waals surface area contributed by atoms with Crippen molar-refractivity contribution in [3.8, 4) is 34.7 Å². The minimum Gasteiger partial charge on any atom is -0.490 e. The number of nitrogens with zero attached hydrogens (tertiary/aromatic N) is 3. The summed E-state index contributed by atoms with van der Waals surface area (Å²) in [5.41, 5.74) is 4.06. The van der Waals surface area contributed by atoms with Gasteiger partial charge in [-0.1, -0.05) is 23.4 Å². The third-order valence-electron chi connectivity index (χ3n) is 5.15. The number of rotatable bonds is 7. The second-order valence-corrected chi connectivity index (χ2v) is 7.65. The van der Waals surface area contributed by atoms with Gasteiger partial charge in [-0.2, -0.15) is 10.2 Å². The molecule has 0 saturated heterocycles. The highest BCUT2D eigenvalue weighted by molar-refractivity contribution is 5.70. The lowest BCUT2D eigenvalue weighted by Crippen LogP contribution is -2.25. The monoisotopic (exact) mass is 418 g/mol. The van der Waals surface area contributed by atoms with Gasteiger partial charge in [-0.25, -0.2) is 0 Å². The Morgan fingerprint density at radius 2 is 2.23 bits per heavy atom. The molecular weight excluding hydrogens is 396 g/mol. The molecule has 1 aromatic heterocycles. The van der Waals surface area contributed by atoms with Gasteiger partial charge in [-0.3, -0.25) is 4.79 Å². The Kier molecular flexibility index (Phi) is 5.69. The average Bonchev–Trinajstić information content (AvgIpc) is 3.39. The molecule has 0 unspecified atom stereocenters. The maximum atomic E-state index is 10.9. The molecule has 8 heteroatoms. The maximum Gasteiger partial charge on any atom is 0.317 e. The molecule has 31 heavy (non-hydrogen) atoms. The molecule has 0 amide bonds. The Morgan fingerprint density at radius 3 is 2.97 bits per heavy atom. The fourth-order valence-electron chi connectivity index (χ4n) is 3.84. The molecule has 1 aliphatic rings. The van der Waals surface area contributed by atoms with E-state index >= 15 is 0 Å². The Hall–Kier alpha value is -3.70. The molecule has 3 aromatic rings. The number of aromatic nitrogens is 2. The summed E-state index contributed by atoms with van der Waals surface area (Å²) in [5.74, 6) is 0.418. The molecule has 0 radical (unpaired) electrons. The van der Waals surface area contributed by atoms with Crippen molar-refractivity contribution < 1.29 is 19.2 Å². The Balaban J connectivity index is 1.62. The topological polar surface area (TPSA) is 121 Å². The van der Waals surface area contributed by atoms with Crippen LogP contribution in [-0.4, -0.2) is 33.9 Å². The molecule has 0 saturated carbocycles. The molecular formula is C23H22N4O4. The van der Waals surface area contributed by atoms with Crippen LogP contribution >= 0.6 is 0 Å². The average molecular weight is 418 g/mol. The van der Waals surface area contributed by atoms with Crippen LogP contribution in [0.25, 0.3) is 22.8 Å². The van der Waals surface area contributed by atoms with Gasteiger partial charge in [-0.15, -0.1) is 0 Å². The van der Waals surface area contributed by atoms with Crippen molar-refractivity contribution in [2.45, 2.75) is 38.8 Å². The van der Waals surface area contributed by atoms with E-state index in [1.54, 1.807) is 18.2 Å². The highest BCUT2D eigenvalue weighted by Gasteiger charge is 2.26. The third-order valence-corrected chi connectivity index (χ3v) is 5.15. The number of carboxylic acid groups (broad SMARTS) is 1. The highest BCUT2D eigenvalue weighted by atomic mass is 16.5. The van der Waals surface area contributed by atoms with E-state index in [0.717, 1.165) is 29.5 Å². The molecule has 0 aliphatic heterocycles. The van der Waals surface area contributed by atoms with Crippen LogP contribution in [0.2, 0.25) is 0 Å². The number of hydrogen-bond acceptors (Lipinski definition) is 7. The largest absolute Gasteiger partial charge is 0.490 e. The standard InChI is InChI=1S/C23H22N4O4/c1-13(2)30-20-9-6-14(10-15(20)11-24)23-26-22(27-31-23)18-5-3-4-17-16(18)7-8-19(17)25-12-21(28)29/h3-6,9-10,13,19,25H,7-8,12H2,1-2H3,(H,28,29)/t19-/m0/s1. The van der Waals surface area contributed by atoms with Gasteiger partial charge in [0.15, 0.2) is 0 Å². The lowest BCUT2D eigenvalue weighted by Gasteiger charge is -2.12. The van der Waals surface area contributed by atoms with E-state index in [0.29, 0.717) is 28.6 Å². The molecule has 158 valence electrons. The van der Waals surface area contributed by atoms with Gasteiger partial charge >= 0.3 is 5.97 Å². The summed E-state index contributed by atoms with van der Waals surface area (Å²) in [6, 6.07) is 13.2. The number of benzene rings is 2. The first-order chi connectivity index (χ1) is 15.0. The zero-order valence-corrected chi connectivity index (χ0v) is 17.3. The van der Waals surface area contributed by atoms with Gasteiger partial charge < -0.3 is 19.7 Å². The molecule has 1 heterocycles. The molecule has 1 atom stereocenters. The minimum atomic E-state index is -0.881. The van der Waals surface area contributed by atoms with E-state index in [9.17, 15) is 10.1 Å². The lowest BCUT2D eigenvalue weighted by atomic mass is 10.0. The highest BCUT2D eigenvalue weighted by Crippen LogP contribution is 2.37. The number of carbonyl (C=O) groups is 1. The van der Waals surface area contributed by atoms with Crippen molar-refractivity contribution in [1.82, 2.24) is 15.5 Å². The number of fused-ring (bicyclic) bond motifs is 1. The summed E-state index contributed by atoms with van der Waals surface area (Å²) in [4.78, 5) is 15.4. The molecule has 0 spiro atoms. The van der Waals surface area contributed by atoms with Crippen LogP contribution in [-0.2, 0) is 11.2 Å². The number of ether oxygens (including phenoxy) is 1. The SMILES string of the molecule is CC(C)Oc1ccc(-c2nc(-c3cccc4c3CC[C@@H]4NCC(=O)O)no2)cc1C#N. The molecule has 4 rings (SSSR count). The van der Waals surface area contributed by atoms with Gasteiger partial charge in [0.2, 0.25) is 5.82 Å². The summed E-state index contributed by atoms with van der Waals surface area (Å²) < 4.78 is 11.2. The summed E-state index contributed by atoms with van der Waals surface area (Å²) in [7, 11) is 0. The summed E-state index contributed by atoms with van der Waals surface area (Å²) >= 11 is 0. The van der Waals surface area contributed by atoms with E-state index in [2.05, 4.69) is 21.5 Å². The summed E-state index contributed by atoms with van der Waals surface area (Å²) in [6.45, 7) is 3.72. The Labute approximate surface area is 179 Å². The van der Waals surface area contributed by atoms with Crippen molar-refractivity contribution in [1.29, 1.82) is 5.26 Å². The second-order valence-electron chi connectivity index (χ2n) is 7.65. The van der Waals surface area contributed by atoms with Crippen LogP contribution in [0.5, 0.6) is 5.75 Å². The van der Waals surface area contributed by atoms with Gasteiger partial charge in [0.25, 0.3) is 5.89 Å². The van der Waals surface area contributed by atoms with Crippen molar-refractivity contribution in [2.24, 2.45) is 0 Å². The molecule has 0 bridgehead atoms. The predicted octanol–water partition coefficient (Wildman–Crippen LogP) is 3.72. The normalized spacial score (nSPS) is 15.0. The van der Waals surface area contributed by atoms with Gasteiger partial charge in [-0.05, 0) is 56.0 Å². The fraction of sp³-hybridized carbons (Fsp3) is 0.304. The van der Waals surface area contributed by atoms with Crippen LogP contribution in [0.4, 0.5) is 0 Å². The smallest absolute Gasteiger partial charge is 0.317 e. The van der Waals surface area contributed by atoms with Gasteiger partial charge in [0.1, 0.15) is 11.8 Å². The third kappa shape index (κ3) is 4.27. The molecule has 0 fully saturated rings. The Morgan fingerprint density at radius 1 is 1.39 bits per heavy atom. The molecule has 8 nitrogen and oxygen atoms in total. The second kappa shape index (κ2) is 8.58. The Bertz CT molecular complexity index is 1160. The zero-order valence-electron chi connectivity index (χ0n) is 17.3. The van der Waals surface area contributed by atoms with E-state index < -0.39 is 5.97 Å². The van der Waals surface area contributed by atoms with E-state index in [4.69, 9.17) is 14.4 Å². The number of hydrogen-bond donors (Lipinski definition) is 2. The van der Waals surface area contributed by atoms with Crippen molar-refractivity contribution in [3.63, 3.8) is 0 Å². The van der Waals surface area contributed by atoms with E-state index in [-0.39, 0.29) is 18.7 Å². The number of aliphatic carboxylic acids is 1. The fourth-order valence-corrected chi connectivity index (χ4v) is 3.84. The van der Waals surface area contributed by atoms with Crippen LogP contribution in [0.15, 0.2) is 40.9 Å². The quantitative estimate of drug-likeness (QED) is 0.595. The molecule has 2 N–H and O–H groups in total. The summed E-state index contributed by atoms with van der Waals surface area (Å²) in [5, 5.41) is 25.6. The van der Waals surface area contributed by atoms with Crippen molar-refractivity contribution >= 4 is 5.97 Å². The van der Waals surface area contributed by atoms with Gasteiger partial charge in [0, 0.05) is 17.2 Å². The first kappa shape index (κ1) is 20.6. The van der Waals surface area contributed by atoms with E-state index in [1.807, 2.05) is 32.0 Å². The van der Waals surface area contributed by atoms with Gasteiger partial charge in [0.05, 0.1) is 18.2 Å². The van der Waals surface area contributed by atoms with Crippen molar-refractivity contribution in [3.05, 3.63) is 53.1 Å². The van der Waals surface area contributed by atoms with Crippen LogP contribution in [0.1, 0.15) is 43.0 Å². The number of carboxylic acids is 1. The van der Waals surface area contributed by atoms with E-state index in [1.165, 1.54) is 0 Å². The summed E-state index contributed by atoms with van der Waals surface area (Å²) in [6.07, 6.45) is 1.57. The molecule has 2 aromatic carbocycles. The first-order valence-electron chi connectivity index (χ1n) is 10.1. The van der Waals surface area contributed by atoms with Crippen LogP contribution in [0, 0.1) is 11.3 Å². The number of nitriles is 1. The zero-order chi connectivity index (χ0) is 22.0. The maximum absolute atomic E-state index is 10.9. The number of nitrogens with one attached hydrogen (secondary N) is 1. The van der Waals surface area contributed by atoms with Crippen molar-refractivity contribution in [2.75, 3.05) is 6.54 Å². The van der Waals surface area contributed by atoms with Crippen LogP contribution < -0.4 is 10.1 Å². The molecule has 1 aliphatic carbocycles. The first-order valence-corrected chi connectivity index (χ1v) is 10.1.